The molecule has 1 N–H and O–H groups in total. The van der Waals surface area contributed by atoms with Gasteiger partial charge in [-0.05, 0) is 54.1 Å². The largest absolute Gasteiger partial charge is 0.493 e. The van der Waals surface area contributed by atoms with E-state index in [4.69, 9.17) is 18.9 Å². The van der Waals surface area contributed by atoms with Gasteiger partial charge >= 0.3 is 0 Å². The summed E-state index contributed by atoms with van der Waals surface area (Å²) >= 11 is 0. The summed E-state index contributed by atoms with van der Waals surface area (Å²) in [5, 5.41) is 0. The zero-order valence-electron chi connectivity index (χ0n) is 20.0. The zero-order chi connectivity index (χ0) is 25.4. The Labute approximate surface area is 205 Å². The quantitative estimate of drug-likeness (QED) is 0.429. The molecule has 0 saturated carbocycles. The monoisotopic (exact) mass is 500 g/mol. The number of hydrogen-bond donors (Lipinski definition) is 1. The highest BCUT2D eigenvalue weighted by atomic mass is 32.2. The van der Waals surface area contributed by atoms with Gasteiger partial charge in [-0.3, -0.25) is 9.52 Å². The lowest BCUT2D eigenvalue weighted by Gasteiger charge is -2.20. The Morgan fingerprint density at radius 2 is 1.49 bits per heavy atom. The van der Waals surface area contributed by atoms with Gasteiger partial charge in [0, 0.05) is 19.3 Å². The van der Waals surface area contributed by atoms with Crippen molar-refractivity contribution in [3.05, 3.63) is 72.3 Å². The normalized spacial score (nSPS) is 10.9. The Morgan fingerprint density at radius 3 is 2.03 bits per heavy atom. The number of carbonyl (C=O) groups excluding carboxylic acids is 1. The predicted molar refractivity (Wildman–Crippen MR) is 132 cm³/mol. The lowest BCUT2D eigenvalue weighted by atomic mass is 10.1. The van der Waals surface area contributed by atoms with Gasteiger partial charge in [-0.15, -0.1) is 0 Å². The van der Waals surface area contributed by atoms with E-state index in [1.54, 1.807) is 49.5 Å². The Kier molecular flexibility index (Phi) is 8.43. The fourth-order valence-corrected chi connectivity index (χ4v) is 4.34. The van der Waals surface area contributed by atoms with Crippen molar-refractivity contribution < 1.29 is 32.2 Å². The lowest BCUT2D eigenvalue weighted by Crippen LogP contribution is -2.31. The molecule has 0 bridgehead atoms. The van der Waals surface area contributed by atoms with Gasteiger partial charge in [-0.1, -0.05) is 18.2 Å². The van der Waals surface area contributed by atoms with E-state index in [0.29, 0.717) is 35.2 Å². The summed E-state index contributed by atoms with van der Waals surface area (Å²) in [5.74, 6) is 1.58. The van der Waals surface area contributed by atoms with Gasteiger partial charge in [-0.2, -0.15) is 0 Å². The second kappa shape index (κ2) is 11.5. The number of anilines is 1. The van der Waals surface area contributed by atoms with Crippen molar-refractivity contribution in [1.82, 2.24) is 4.90 Å². The molecule has 0 aliphatic rings. The highest BCUT2D eigenvalue weighted by Crippen LogP contribution is 2.38. The van der Waals surface area contributed by atoms with Crippen LogP contribution in [0.25, 0.3) is 0 Å². The molecular formula is C25H28N2O7S. The van der Waals surface area contributed by atoms with Crippen LogP contribution in [-0.4, -0.2) is 54.2 Å². The fraction of sp³-hybridized carbons (Fsp3) is 0.240. The smallest absolute Gasteiger partial charge is 0.261 e. The summed E-state index contributed by atoms with van der Waals surface area (Å²) in [6.45, 7) is 0.0799. The minimum atomic E-state index is -3.74. The average molecular weight is 501 g/mol. The van der Waals surface area contributed by atoms with Crippen LogP contribution in [0.3, 0.4) is 0 Å². The highest BCUT2D eigenvalue weighted by Gasteiger charge is 2.17. The molecule has 0 aliphatic heterocycles. The van der Waals surface area contributed by atoms with Crippen molar-refractivity contribution in [3.63, 3.8) is 0 Å². The summed E-state index contributed by atoms with van der Waals surface area (Å²) < 4.78 is 49.2. The van der Waals surface area contributed by atoms with Gasteiger partial charge in [0.2, 0.25) is 5.75 Å². The molecule has 0 spiro atoms. The van der Waals surface area contributed by atoms with E-state index < -0.39 is 10.0 Å². The van der Waals surface area contributed by atoms with E-state index in [2.05, 4.69) is 4.72 Å². The number of carbonyl (C=O) groups is 1. The van der Waals surface area contributed by atoms with Crippen LogP contribution in [0, 0.1) is 0 Å². The molecule has 0 fully saturated rings. The minimum Gasteiger partial charge on any atom is -0.493 e. The third-order valence-electron chi connectivity index (χ3n) is 5.09. The maximum Gasteiger partial charge on any atom is 0.261 e. The van der Waals surface area contributed by atoms with Crippen molar-refractivity contribution in [2.75, 3.05) is 39.7 Å². The molecule has 0 aliphatic carbocycles. The average Bonchev–Trinajstić information content (AvgIpc) is 2.87. The van der Waals surface area contributed by atoms with Crippen LogP contribution in [0.4, 0.5) is 5.69 Å². The van der Waals surface area contributed by atoms with E-state index in [1.807, 2.05) is 0 Å². The fourth-order valence-electron chi connectivity index (χ4n) is 3.28. The van der Waals surface area contributed by atoms with Gasteiger partial charge in [0.05, 0.1) is 26.2 Å². The van der Waals surface area contributed by atoms with Gasteiger partial charge < -0.3 is 23.8 Å². The maximum absolute atomic E-state index is 12.6. The molecule has 35 heavy (non-hydrogen) atoms. The van der Waals surface area contributed by atoms with Crippen LogP contribution >= 0.6 is 0 Å². The van der Waals surface area contributed by atoms with Crippen molar-refractivity contribution in [1.29, 1.82) is 0 Å². The predicted octanol–water partition coefficient (Wildman–Crippen LogP) is 3.55. The van der Waals surface area contributed by atoms with Crippen LogP contribution < -0.4 is 23.7 Å². The second-order valence-corrected chi connectivity index (χ2v) is 9.20. The third-order valence-corrected chi connectivity index (χ3v) is 6.49. The molecule has 186 valence electrons. The number of sulfonamides is 1. The number of hydrogen-bond acceptors (Lipinski definition) is 7. The number of nitrogens with one attached hydrogen (secondary N) is 1. The molecular weight excluding hydrogens is 472 g/mol. The van der Waals surface area contributed by atoms with Gasteiger partial charge in [0.25, 0.3) is 15.9 Å². The SMILES string of the molecule is COc1cc(CN(C)C(=O)COc2ccc(S(=O)(=O)Nc3ccccc3)cc2)cc(OC)c1OC. The standard InChI is InChI=1S/C25H28N2O7S/c1-27(16-18-14-22(31-2)25(33-4)23(15-18)32-3)24(28)17-34-20-10-12-21(13-11-20)35(29,30)26-19-8-6-5-7-9-19/h5-15,26H,16-17H2,1-4H3. The molecule has 0 atom stereocenters. The van der Waals surface area contributed by atoms with Crippen molar-refractivity contribution in [2.45, 2.75) is 11.4 Å². The van der Waals surface area contributed by atoms with Crippen molar-refractivity contribution in [2.24, 2.45) is 0 Å². The van der Waals surface area contributed by atoms with Crippen LogP contribution in [-0.2, 0) is 21.4 Å². The molecule has 9 nitrogen and oxygen atoms in total. The van der Waals surface area contributed by atoms with Crippen molar-refractivity contribution >= 4 is 21.6 Å². The second-order valence-electron chi connectivity index (χ2n) is 7.51. The molecule has 0 unspecified atom stereocenters. The van der Waals surface area contributed by atoms with Gasteiger partial charge in [0.15, 0.2) is 18.1 Å². The summed E-state index contributed by atoms with van der Waals surface area (Å²) in [5.41, 5.74) is 1.25. The number of ether oxygens (including phenoxy) is 4. The molecule has 1 amide bonds. The first-order chi connectivity index (χ1) is 16.8. The molecule has 0 heterocycles. The number of likely N-dealkylation sites (N-methyl/N-ethyl adjacent to an activating group) is 1. The van der Waals surface area contributed by atoms with Gasteiger partial charge in [0.1, 0.15) is 5.75 Å². The summed E-state index contributed by atoms with van der Waals surface area (Å²) in [6, 6.07) is 18.0. The van der Waals surface area contributed by atoms with E-state index >= 15 is 0 Å². The third kappa shape index (κ3) is 6.57. The molecule has 0 aromatic heterocycles. The molecule has 3 aromatic carbocycles. The van der Waals surface area contributed by atoms with E-state index in [1.165, 1.54) is 50.5 Å². The first-order valence-corrected chi connectivity index (χ1v) is 12.1. The molecule has 0 saturated heterocycles. The molecule has 10 heteroatoms. The number of methoxy groups -OCH3 is 3. The van der Waals surface area contributed by atoms with E-state index in [-0.39, 0.29) is 17.4 Å². The Morgan fingerprint density at radius 1 is 0.886 bits per heavy atom. The first-order valence-electron chi connectivity index (χ1n) is 10.6. The maximum atomic E-state index is 12.6. The summed E-state index contributed by atoms with van der Waals surface area (Å²) in [4.78, 5) is 14.2. The number of nitrogens with zero attached hydrogens (tertiary/aromatic N) is 1. The summed E-state index contributed by atoms with van der Waals surface area (Å²) in [6.07, 6.45) is 0. The lowest BCUT2D eigenvalue weighted by molar-refractivity contribution is -0.132. The number of amides is 1. The van der Waals surface area contributed by atoms with Crippen LogP contribution in [0.2, 0.25) is 0 Å². The Hall–Kier alpha value is -3.92. The minimum absolute atomic E-state index is 0.0829. The first kappa shape index (κ1) is 25.7. The van der Waals surface area contributed by atoms with Gasteiger partial charge in [-0.25, -0.2) is 8.42 Å². The van der Waals surface area contributed by atoms with Crippen molar-refractivity contribution in [3.8, 4) is 23.0 Å². The van der Waals surface area contributed by atoms with Crippen LogP contribution in [0.1, 0.15) is 5.56 Å². The Bertz CT molecular complexity index is 1220. The van der Waals surface area contributed by atoms with E-state index in [9.17, 15) is 13.2 Å². The van der Waals surface area contributed by atoms with Crippen LogP contribution in [0.5, 0.6) is 23.0 Å². The number of rotatable bonds is 11. The number of para-hydroxylation sites is 1. The summed E-state index contributed by atoms with van der Waals surface area (Å²) in [7, 11) is 2.49. The molecule has 0 radical (unpaired) electrons. The Balaban J connectivity index is 1.59. The molecule has 3 aromatic rings. The topological polar surface area (TPSA) is 103 Å². The zero-order valence-corrected chi connectivity index (χ0v) is 20.8. The number of benzene rings is 3. The molecule has 3 rings (SSSR count). The van der Waals surface area contributed by atoms with Crippen LogP contribution in [0.15, 0.2) is 71.6 Å². The highest BCUT2D eigenvalue weighted by molar-refractivity contribution is 7.92. The van der Waals surface area contributed by atoms with E-state index in [0.717, 1.165) is 5.56 Å².